The first-order valence-electron chi connectivity index (χ1n) is 20.3. The third kappa shape index (κ3) is 7.78. The number of nitrogens with two attached hydrogens (primary N) is 3. The van der Waals surface area contributed by atoms with E-state index in [4.69, 9.17) is 26.7 Å². The van der Waals surface area contributed by atoms with E-state index in [1.54, 1.807) is 51.2 Å². The van der Waals surface area contributed by atoms with Gasteiger partial charge < -0.3 is 31.8 Å². The molecule has 6 aromatic rings. The highest BCUT2D eigenvalue weighted by Gasteiger charge is 2.42. The highest BCUT2D eigenvalue weighted by molar-refractivity contribution is 5.94. The van der Waals surface area contributed by atoms with E-state index in [9.17, 15) is 19.5 Å². The normalized spacial score (nSPS) is 15.3. The smallest absolute Gasteiger partial charge is 0.356 e. The number of carbonyl (C=O) groups is 3. The number of carbonyl (C=O) groups excluding carboxylic acids is 2. The minimum Gasteiger partial charge on any atom is -0.477 e. The number of fused-ring (bicyclic) bond motifs is 9. The fraction of sp³-hybridized carbons (Fsp3) is 0.429. The molecule has 0 bridgehead atoms. The third-order valence-electron chi connectivity index (χ3n) is 11.3. The van der Waals surface area contributed by atoms with E-state index in [1.165, 1.54) is 4.68 Å². The van der Waals surface area contributed by atoms with Crippen molar-refractivity contribution >= 4 is 35.8 Å². The minimum atomic E-state index is -0.986. The number of hydrogen-bond acceptors (Lipinski definition) is 17. The summed E-state index contributed by atoms with van der Waals surface area (Å²) in [5.74, 6) is -1.19. The molecule has 0 saturated carbocycles. The zero-order valence-electron chi connectivity index (χ0n) is 36.9. The predicted octanol–water partition coefficient (Wildman–Crippen LogP) is 3.92. The van der Waals surface area contributed by atoms with E-state index >= 15 is 0 Å². The second kappa shape index (κ2) is 15.9. The molecule has 21 nitrogen and oxygen atoms in total. The summed E-state index contributed by atoms with van der Waals surface area (Å²) in [6, 6.07) is 0. The molecule has 3 aliphatic carbocycles. The summed E-state index contributed by atoms with van der Waals surface area (Å²) >= 11 is 0. The van der Waals surface area contributed by atoms with Gasteiger partial charge in [-0.2, -0.15) is 15.3 Å². The Labute approximate surface area is 362 Å². The Morgan fingerprint density at radius 2 is 1.00 bits per heavy atom. The lowest BCUT2D eigenvalue weighted by molar-refractivity contribution is 0.0503. The molecule has 3 aliphatic rings. The Morgan fingerprint density at radius 3 is 1.43 bits per heavy atom. The van der Waals surface area contributed by atoms with Gasteiger partial charge in [-0.25, -0.2) is 44.3 Å². The number of aryl methyl sites for hydroxylation is 2. The van der Waals surface area contributed by atoms with E-state index < -0.39 is 11.9 Å². The summed E-state index contributed by atoms with van der Waals surface area (Å²) in [4.78, 5) is 60.9. The molecule has 21 heteroatoms. The van der Waals surface area contributed by atoms with Crippen molar-refractivity contribution in [3.8, 4) is 34.2 Å². The number of carboxylic acid groups (broad SMARTS) is 1. The number of nitrogens with one attached hydrogen (secondary N) is 1. The molecule has 63 heavy (non-hydrogen) atoms. The lowest BCUT2D eigenvalue weighted by Crippen LogP contribution is -2.28. The van der Waals surface area contributed by atoms with Crippen molar-refractivity contribution in [2.24, 2.45) is 14.1 Å². The first-order valence-corrected chi connectivity index (χ1v) is 20.3. The van der Waals surface area contributed by atoms with E-state index in [2.05, 4.69) is 78.0 Å². The lowest BCUT2D eigenvalue weighted by atomic mass is 9.73. The van der Waals surface area contributed by atoms with Gasteiger partial charge in [0, 0.05) is 49.4 Å². The summed E-state index contributed by atoms with van der Waals surface area (Å²) in [7, 11) is 3.37. The number of aromatic nitrogens is 12. The van der Waals surface area contributed by atoms with Crippen LogP contribution in [0.2, 0.25) is 0 Å². The highest BCUT2D eigenvalue weighted by Crippen LogP contribution is 2.46. The summed E-state index contributed by atoms with van der Waals surface area (Å²) in [6.07, 6.45) is 7.23. The van der Waals surface area contributed by atoms with Gasteiger partial charge in [-0.1, -0.05) is 41.5 Å². The second-order valence-electron chi connectivity index (χ2n) is 17.4. The average Bonchev–Trinajstić information content (AvgIpc) is 3.92. The molecule has 0 unspecified atom stereocenters. The molecule has 0 atom stereocenters. The van der Waals surface area contributed by atoms with Crippen LogP contribution in [-0.2, 0) is 59.1 Å². The summed E-state index contributed by atoms with van der Waals surface area (Å²) in [5, 5.41) is 25.3. The molecule has 0 spiro atoms. The van der Waals surface area contributed by atoms with Crippen molar-refractivity contribution < 1.29 is 29.0 Å². The molecular weight excluding hydrogens is 811 g/mol. The average molecular weight is 862 g/mol. The molecule has 8 N–H and O–H groups in total. The third-order valence-corrected chi connectivity index (χ3v) is 11.3. The largest absolute Gasteiger partial charge is 0.477 e. The molecule has 9 rings (SSSR count). The summed E-state index contributed by atoms with van der Waals surface area (Å²) in [5.41, 5.74) is 26.4. The quantitative estimate of drug-likeness (QED) is 0.153. The van der Waals surface area contributed by atoms with Crippen LogP contribution < -0.4 is 17.2 Å². The van der Waals surface area contributed by atoms with Crippen LogP contribution in [0.5, 0.6) is 0 Å². The molecule has 0 aromatic carbocycles. The molecule has 0 amide bonds. The zero-order valence-corrected chi connectivity index (χ0v) is 36.9. The van der Waals surface area contributed by atoms with Gasteiger partial charge in [0.2, 0.25) is 17.8 Å². The Balaban J connectivity index is 0.000000142. The van der Waals surface area contributed by atoms with E-state index in [0.717, 1.165) is 27.8 Å². The molecular formula is C42H51N15O6. The van der Waals surface area contributed by atoms with Crippen LogP contribution in [0.4, 0.5) is 17.8 Å². The van der Waals surface area contributed by atoms with Gasteiger partial charge in [0.1, 0.15) is 28.5 Å². The van der Waals surface area contributed by atoms with Gasteiger partial charge in [-0.3, -0.25) is 14.5 Å². The van der Waals surface area contributed by atoms with Gasteiger partial charge in [0.15, 0.2) is 5.69 Å². The van der Waals surface area contributed by atoms with Crippen molar-refractivity contribution in [3.63, 3.8) is 0 Å². The number of hydrogen-bond donors (Lipinski definition) is 5. The lowest BCUT2D eigenvalue weighted by Gasteiger charge is -2.30. The predicted molar refractivity (Wildman–Crippen MR) is 230 cm³/mol. The number of esters is 2. The fourth-order valence-corrected chi connectivity index (χ4v) is 8.82. The van der Waals surface area contributed by atoms with E-state index in [-0.39, 0.29) is 45.8 Å². The minimum absolute atomic E-state index is 0.164. The number of aromatic amines is 1. The standard InChI is InChI=1S/C15H19N5O2.C14H17N5O2.C13H15N5O2/c1-5-22-13(21)12-9-11(19-20(12)4)10-8(6-15(9,2)3)7-17-14(16)18-10;1-4-21-12(20)11-8-10(18-19-11)9-7(5-14(8,2)3)6-16-13(15)17-9;1-13(2)4-6-5-15-12(14)16-8(6)9-7(13)10(11(19)20)18(3)17-9/h7H,5-6H2,1-4H3,(H2,16,17,18);6H,4-5H2,1-3H3,(H,18,19)(H2,15,16,17);5H,4H2,1-3H3,(H,19,20)(H2,14,15,16). The van der Waals surface area contributed by atoms with Crippen LogP contribution in [0, 0.1) is 0 Å². The Bertz CT molecular complexity index is 2820. The Hall–Kier alpha value is -7.32. The number of ether oxygens (including phenoxy) is 2. The van der Waals surface area contributed by atoms with Crippen molar-refractivity contribution in [3.05, 3.63) is 69.1 Å². The number of anilines is 3. The number of H-pyrrole nitrogens is 1. The maximum Gasteiger partial charge on any atom is 0.356 e. The van der Waals surface area contributed by atoms with Crippen LogP contribution in [0.15, 0.2) is 18.6 Å². The monoisotopic (exact) mass is 861 g/mol. The summed E-state index contributed by atoms with van der Waals surface area (Å²) < 4.78 is 13.2. The molecule has 6 aromatic heterocycles. The van der Waals surface area contributed by atoms with Gasteiger partial charge >= 0.3 is 17.9 Å². The van der Waals surface area contributed by atoms with Crippen molar-refractivity contribution in [1.29, 1.82) is 0 Å². The Morgan fingerprint density at radius 1 is 0.619 bits per heavy atom. The maximum atomic E-state index is 12.3. The molecule has 330 valence electrons. The molecule has 0 aliphatic heterocycles. The molecule has 0 fully saturated rings. The van der Waals surface area contributed by atoms with E-state index in [1.807, 2.05) is 13.8 Å². The second-order valence-corrected chi connectivity index (χ2v) is 17.4. The van der Waals surface area contributed by atoms with Crippen molar-refractivity contribution in [1.82, 2.24) is 59.7 Å². The van der Waals surface area contributed by atoms with E-state index in [0.29, 0.717) is 83.6 Å². The fourth-order valence-electron chi connectivity index (χ4n) is 8.82. The molecule has 0 radical (unpaired) electrons. The highest BCUT2D eigenvalue weighted by atomic mass is 16.5. The van der Waals surface area contributed by atoms with Crippen molar-refractivity contribution in [2.75, 3.05) is 30.4 Å². The number of nitrogens with zero attached hydrogens (tertiary/aromatic N) is 11. The van der Waals surface area contributed by atoms with Gasteiger partial charge in [-0.15, -0.1) is 0 Å². The molecule has 6 heterocycles. The maximum absolute atomic E-state index is 12.3. The topological polar surface area (TPSA) is 310 Å². The first-order chi connectivity index (χ1) is 29.6. The van der Waals surface area contributed by atoms with Gasteiger partial charge in [0.25, 0.3) is 0 Å². The van der Waals surface area contributed by atoms with Crippen LogP contribution in [0.3, 0.4) is 0 Å². The number of aromatic carboxylic acids is 1. The number of rotatable bonds is 5. The van der Waals surface area contributed by atoms with Crippen LogP contribution in [0.25, 0.3) is 34.2 Å². The van der Waals surface area contributed by atoms with Gasteiger partial charge in [0.05, 0.1) is 30.3 Å². The van der Waals surface area contributed by atoms with Crippen molar-refractivity contribution in [2.45, 2.75) is 90.9 Å². The molecule has 0 saturated heterocycles. The van der Waals surface area contributed by atoms with Crippen LogP contribution >= 0.6 is 0 Å². The summed E-state index contributed by atoms with van der Waals surface area (Å²) in [6.45, 7) is 16.5. The van der Waals surface area contributed by atoms with Crippen LogP contribution in [-0.4, -0.2) is 95.9 Å². The number of nitrogen functional groups attached to an aromatic ring is 3. The van der Waals surface area contributed by atoms with Gasteiger partial charge in [-0.05, 0) is 66.0 Å². The van der Waals surface area contributed by atoms with Crippen LogP contribution in [0.1, 0.15) is 120 Å². The Kier molecular flexibility index (Phi) is 11.0. The SMILES string of the molecule is CCOC(=O)c1[nH]nc2c1C(C)(C)Cc1cnc(N)nc1-2.CCOC(=O)c1c2c(nn1C)-c1nc(N)ncc1CC2(C)C.Cn1nc2c(c1C(=O)O)C(C)(C)Cc1cnc(N)nc1-2. The zero-order chi connectivity index (χ0) is 45.9. The number of carboxylic acids is 1. The first kappa shape index (κ1) is 43.8.